The Kier molecular flexibility index (Phi) is 8.16. The van der Waals surface area contributed by atoms with Crippen LogP contribution in [-0.2, 0) is 0 Å². The molecule has 0 aliphatic heterocycles. The largest absolute Gasteiger partial charge is 0.393 e. The van der Waals surface area contributed by atoms with Gasteiger partial charge < -0.3 is 15.3 Å². The van der Waals surface area contributed by atoms with Gasteiger partial charge in [0.25, 0.3) is 0 Å². The Balaban J connectivity index is 1.72. The van der Waals surface area contributed by atoms with Crippen molar-refractivity contribution in [1.29, 1.82) is 0 Å². The molecule has 0 spiro atoms. The summed E-state index contributed by atoms with van der Waals surface area (Å²) in [6, 6.07) is 0. The van der Waals surface area contributed by atoms with Gasteiger partial charge in [0.15, 0.2) is 0 Å². The van der Waals surface area contributed by atoms with E-state index in [1.54, 1.807) is 12.5 Å². The third-order valence-electron chi connectivity index (χ3n) is 9.10. The van der Waals surface area contributed by atoms with E-state index in [0.717, 1.165) is 29.9 Å². The van der Waals surface area contributed by atoms with Crippen LogP contribution in [0.1, 0.15) is 98.8 Å². The van der Waals surface area contributed by atoms with E-state index in [9.17, 15) is 15.3 Å². The lowest BCUT2D eigenvalue weighted by molar-refractivity contribution is 0.0596. The molecule has 3 saturated carbocycles. The van der Waals surface area contributed by atoms with Crippen molar-refractivity contribution in [3.05, 3.63) is 35.5 Å². The van der Waals surface area contributed by atoms with E-state index >= 15 is 0 Å². The van der Waals surface area contributed by atoms with Crippen LogP contribution >= 0.6 is 0 Å². The molecular weight excluding hydrogens is 396 g/mol. The van der Waals surface area contributed by atoms with Crippen LogP contribution in [0.2, 0.25) is 0 Å². The summed E-state index contributed by atoms with van der Waals surface area (Å²) in [7, 11) is 0. The van der Waals surface area contributed by atoms with Crippen molar-refractivity contribution in [1.82, 2.24) is 0 Å². The average Bonchev–Trinajstić information content (AvgIpc) is 3.04. The number of aliphatic hydroxyl groups excluding tert-OH is 2. The monoisotopic (exact) mass is 444 g/mol. The van der Waals surface area contributed by atoms with Crippen LogP contribution in [0.25, 0.3) is 0 Å². The summed E-state index contributed by atoms with van der Waals surface area (Å²) in [6.45, 7) is 14.9. The number of hydrogen-bond acceptors (Lipinski definition) is 3. The molecule has 3 heteroatoms. The highest BCUT2D eigenvalue weighted by molar-refractivity contribution is 5.38. The van der Waals surface area contributed by atoms with E-state index in [-0.39, 0.29) is 12.0 Å². The van der Waals surface area contributed by atoms with E-state index in [2.05, 4.69) is 32.6 Å². The quantitative estimate of drug-likeness (QED) is 0.429. The Morgan fingerprint density at radius 2 is 1.94 bits per heavy atom. The molecule has 0 aromatic rings. The lowest BCUT2D eigenvalue weighted by Gasteiger charge is -2.44. The van der Waals surface area contributed by atoms with Crippen LogP contribution in [0.5, 0.6) is 0 Å². The Morgan fingerprint density at radius 1 is 1.22 bits per heavy atom. The molecular formula is C29H48O3. The predicted molar refractivity (Wildman–Crippen MR) is 133 cm³/mol. The first-order valence-electron chi connectivity index (χ1n) is 13.1. The van der Waals surface area contributed by atoms with E-state index in [1.807, 2.05) is 13.8 Å². The smallest absolute Gasteiger partial charge is 0.0591 e. The molecule has 7 atom stereocenters. The van der Waals surface area contributed by atoms with Gasteiger partial charge in [-0.3, -0.25) is 0 Å². The number of fused-ring (bicyclic) bond motifs is 1. The molecule has 3 N–H and O–H groups in total. The first-order valence-corrected chi connectivity index (χ1v) is 13.1. The molecule has 0 aromatic carbocycles. The summed E-state index contributed by atoms with van der Waals surface area (Å²) < 4.78 is 0. The lowest BCUT2D eigenvalue weighted by atomic mass is 9.60. The minimum atomic E-state index is -0.556. The Morgan fingerprint density at radius 3 is 2.59 bits per heavy atom. The van der Waals surface area contributed by atoms with Gasteiger partial charge in [0.05, 0.1) is 17.8 Å². The zero-order valence-corrected chi connectivity index (χ0v) is 21.2. The summed E-state index contributed by atoms with van der Waals surface area (Å²) in [5.74, 6) is 2.08. The van der Waals surface area contributed by atoms with Crippen LogP contribution in [0.15, 0.2) is 35.5 Å². The molecule has 0 saturated heterocycles. The van der Waals surface area contributed by atoms with Crippen molar-refractivity contribution >= 4 is 0 Å². The number of allylic oxidation sites excluding steroid dienone is 3. The van der Waals surface area contributed by atoms with E-state index in [1.165, 1.54) is 38.5 Å². The highest BCUT2D eigenvalue weighted by Crippen LogP contribution is 2.60. The van der Waals surface area contributed by atoms with Crippen LogP contribution < -0.4 is 0 Å². The number of rotatable bonds is 7. The zero-order valence-electron chi connectivity index (χ0n) is 21.2. The maximum Gasteiger partial charge on any atom is 0.0591 e. The number of aliphatic hydroxyl groups is 3. The van der Waals surface area contributed by atoms with Gasteiger partial charge in [0, 0.05) is 5.92 Å². The maximum atomic E-state index is 10.3. The molecule has 3 fully saturated rings. The topological polar surface area (TPSA) is 60.7 Å². The fraction of sp³-hybridized carbons (Fsp3) is 0.793. The fourth-order valence-electron chi connectivity index (χ4n) is 7.28. The second-order valence-electron chi connectivity index (χ2n) is 12.2. The van der Waals surface area contributed by atoms with Crippen LogP contribution in [0.3, 0.4) is 0 Å². The van der Waals surface area contributed by atoms with Crippen molar-refractivity contribution in [2.45, 2.75) is 117 Å². The summed E-state index contributed by atoms with van der Waals surface area (Å²) in [5.41, 5.74) is 3.52. The van der Waals surface area contributed by atoms with Crippen molar-refractivity contribution in [3.8, 4) is 0 Å². The summed E-state index contributed by atoms with van der Waals surface area (Å²) in [6.07, 6.45) is 14.5. The van der Waals surface area contributed by atoms with Gasteiger partial charge in [-0.15, -0.1) is 0 Å². The highest BCUT2D eigenvalue weighted by Gasteiger charge is 2.50. The average molecular weight is 445 g/mol. The molecule has 182 valence electrons. The Labute approximate surface area is 196 Å². The maximum absolute atomic E-state index is 10.3. The van der Waals surface area contributed by atoms with Gasteiger partial charge in [0.2, 0.25) is 0 Å². The van der Waals surface area contributed by atoms with Gasteiger partial charge in [-0.2, -0.15) is 0 Å². The van der Waals surface area contributed by atoms with Gasteiger partial charge in [-0.05, 0) is 106 Å². The van der Waals surface area contributed by atoms with E-state index in [4.69, 9.17) is 0 Å². The normalized spacial score (nSPS) is 38.2. The molecule has 0 unspecified atom stereocenters. The van der Waals surface area contributed by atoms with E-state index in [0.29, 0.717) is 30.1 Å². The molecule has 3 aliphatic rings. The first kappa shape index (κ1) is 25.7. The first-order chi connectivity index (χ1) is 14.9. The van der Waals surface area contributed by atoms with Gasteiger partial charge in [-0.1, -0.05) is 51.0 Å². The highest BCUT2D eigenvalue weighted by atomic mass is 16.3. The van der Waals surface area contributed by atoms with Gasteiger partial charge >= 0.3 is 0 Å². The molecule has 3 nitrogen and oxygen atoms in total. The standard InChI is InChI=1S/C29H48O3/c1-19(9-7-15-28(4,5)32)26-13-14-27-22(10-8-16-29(26,27)6)11-12-23-17-24(31)18-25(20(23)2)21(3)30/h11-12,19,21,24-27,30-32H,2,7-10,13-18H2,1,3-6H3/b22-11+,23-12-/t19-,21-,24-,25+,26-,27+,29-/m1/s1. The molecule has 0 radical (unpaired) electrons. The summed E-state index contributed by atoms with van der Waals surface area (Å²) in [4.78, 5) is 0. The van der Waals surface area contributed by atoms with Crippen molar-refractivity contribution in [2.75, 3.05) is 0 Å². The van der Waals surface area contributed by atoms with Crippen molar-refractivity contribution in [3.63, 3.8) is 0 Å². The van der Waals surface area contributed by atoms with E-state index < -0.39 is 11.7 Å². The number of hydrogen-bond donors (Lipinski definition) is 3. The molecule has 0 aromatic heterocycles. The molecule has 0 amide bonds. The molecule has 3 aliphatic carbocycles. The summed E-state index contributed by atoms with van der Waals surface area (Å²) >= 11 is 0. The van der Waals surface area contributed by atoms with Gasteiger partial charge in [-0.25, -0.2) is 0 Å². The Hall–Kier alpha value is -0.900. The second kappa shape index (κ2) is 10.2. The second-order valence-corrected chi connectivity index (χ2v) is 12.2. The summed E-state index contributed by atoms with van der Waals surface area (Å²) in [5, 5.41) is 30.5. The third-order valence-corrected chi connectivity index (χ3v) is 9.10. The lowest BCUT2D eigenvalue weighted by Crippen LogP contribution is -2.36. The molecule has 0 heterocycles. The predicted octanol–water partition coefficient (Wildman–Crippen LogP) is 6.34. The van der Waals surface area contributed by atoms with Crippen LogP contribution in [0, 0.1) is 29.1 Å². The minimum Gasteiger partial charge on any atom is -0.393 e. The third kappa shape index (κ3) is 5.77. The molecule has 3 rings (SSSR count). The molecule has 0 bridgehead atoms. The van der Waals surface area contributed by atoms with Gasteiger partial charge in [0.1, 0.15) is 0 Å². The zero-order chi connectivity index (χ0) is 23.7. The Bertz CT molecular complexity index is 725. The van der Waals surface area contributed by atoms with Crippen LogP contribution in [0.4, 0.5) is 0 Å². The molecule has 32 heavy (non-hydrogen) atoms. The van der Waals surface area contributed by atoms with Crippen molar-refractivity contribution < 1.29 is 15.3 Å². The minimum absolute atomic E-state index is 0.0411. The fourth-order valence-corrected chi connectivity index (χ4v) is 7.28. The van der Waals surface area contributed by atoms with Crippen molar-refractivity contribution in [2.24, 2.45) is 29.1 Å². The van der Waals surface area contributed by atoms with Crippen LogP contribution in [-0.4, -0.2) is 33.1 Å². The SMILES string of the molecule is C=C1/C(=C\C=C2/CCC[C@]3(C)[C@@H]([C@H](C)CCCC(C)(C)O)CC[C@@H]23)C[C@@H](O)C[C@@H]1[C@@H](C)O.